The monoisotopic (exact) mass is 418 g/mol. The largest absolute Gasteiger partial charge is 0.480 e. The molecule has 10 nitrogen and oxygen atoms in total. The number of nitrogens with zero attached hydrogens (tertiary/aromatic N) is 1. The number of anilines is 1. The maximum Gasteiger partial charge on any atom is 0.320 e. The van der Waals surface area contributed by atoms with Gasteiger partial charge in [-0.15, -0.1) is 0 Å². The van der Waals surface area contributed by atoms with Crippen LogP contribution in [0.3, 0.4) is 0 Å². The van der Waals surface area contributed by atoms with E-state index in [0.29, 0.717) is 24.4 Å². The molecule has 160 valence electrons. The normalized spacial score (nSPS) is 11.9. The maximum absolute atomic E-state index is 10.1. The molecule has 0 heterocycles. The number of benzene rings is 1. The Morgan fingerprint density at radius 2 is 1.57 bits per heavy atom. The van der Waals surface area contributed by atoms with Crippen molar-refractivity contribution >= 4 is 35.1 Å². The average molecular weight is 419 g/mol. The molecule has 1 aromatic carbocycles. The van der Waals surface area contributed by atoms with E-state index in [2.05, 4.69) is 0 Å². The molecule has 0 saturated carbocycles. The Labute approximate surface area is 168 Å². The van der Waals surface area contributed by atoms with Gasteiger partial charge in [0.15, 0.2) is 0 Å². The third kappa shape index (κ3) is 15.9. The lowest BCUT2D eigenvalue weighted by atomic mass is 10.1. The van der Waals surface area contributed by atoms with Crippen LogP contribution >= 0.6 is 11.8 Å². The highest BCUT2D eigenvalue weighted by atomic mass is 32.2. The fraction of sp³-hybridized carbons (Fsp3) is 0.529. The lowest BCUT2D eigenvalue weighted by Crippen LogP contribution is -2.31. The van der Waals surface area contributed by atoms with Crippen LogP contribution in [0.5, 0.6) is 0 Å². The van der Waals surface area contributed by atoms with E-state index in [1.54, 1.807) is 11.8 Å². The Morgan fingerprint density at radius 1 is 1.11 bits per heavy atom. The molecule has 28 heavy (non-hydrogen) atoms. The lowest BCUT2D eigenvalue weighted by Gasteiger charge is -2.07. The van der Waals surface area contributed by atoms with E-state index in [-0.39, 0.29) is 5.69 Å². The first-order valence-electron chi connectivity index (χ1n) is 8.37. The number of rotatable bonds is 8. The minimum absolute atomic E-state index is 0.0641. The molecule has 0 aromatic heterocycles. The zero-order chi connectivity index (χ0) is 22.3. The molecule has 0 unspecified atom stereocenters. The van der Waals surface area contributed by atoms with Gasteiger partial charge in [0.05, 0.1) is 4.92 Å². The minimum Gasteiger partial charge on any atom is -0.480 e. The molecule has 0 radical (unpaired) electrons. The topological polar surface area (TPSA) is 196 Å². The van der Waals surface area contributed by atoms with E-state index < -0.39 is 28.9 Å². The quantitative estimate of drug-likeness (QED) is 0.236. The third-order valence-corrected chi connectivity index (χ3v) is 3.74. The lowest BCUT2D eigenvalue weighted by molar-refractivity contribution is -0.384. The molecule has 0 fully saturated rings. The second kappa shape index (κ2) is 15.7. The molecule has 2 atom stereocenters. The fourth-order valence-corrected chi connectivity index (χ4v) is 2.06. The number of hydrogen-bond donors (Lipinski definition) is 5. The highest BCUT2D eigenvalue weighted by Gasteiger charge is 2.12. The van der Waals surface area contributed by atoms with Crippen LogP contribution in [0.25, 0.3) is 0 Å². The van der Waals surface area contributed by atoms with Gasteiger partial charge in [-0.05, 0) is 42.9 Å². The van der Waals surface area contributed by atoms with Crippen molar-refractivity contribution < 1.29 is 24.7 Å². The number of carbonyl (C=O) groups is 2. The van der Waals surface area contributed by atoms with Crippen LogP contribution in [0.4, 0.5) is 11.4 Å². The second-order valence-corrected chi connectivity index (χ2v) is 7.13. The minimum atomic E-state index is -0.913. The molecule has 0 bridgehead atoms. The molecule has 11 heteroatoms. The number of nitro benzene ring substituents is 1. The highest BCUT2D eigenvalue weighted by Crippen LogP contribution is 2.12. The van der Waals surface area contributed by atoms with Gasteiger partial charge in [-0.3, -0.25) is 19.7 Å². The van der Waals surface area contributed by atoms with Crippen LogP contribution in [-0.4, -0.2) is 51.2 Å². The molecule has 0 amide bonds. The summed E-state index contributed by atoms with van der Waals surface area (Å²) in [4.78, 5) is 29.8. The van der Waals surface area contributed by atoms with Crippen molar-refractivity contribution in [2.75, 3.05) is 17.7 Å². The Bertz CT molecular complexity index is 598. The van der Waals surface area contributed by atoms with Crippen molar-refractivity contribution in [1.29, 1.82) is 0 Å². The second-order valence-electron chi connectivity index (χ2n) is 6.15. The van der Waals surface area contributed by atoms with Gasteiger partial charge in [-0.2, -0.15) is 11.8 Å². The molecule has 1 rings (SSSR count). The first-order chi connectivity index (χ1) is 12.9. The zero-order valence-corrected chi connectivity index (χ0v) is 17.1. The summed E-state index contributed by atoms with van der Waals surface area (Å²) >= 11 is 1.60. The average Bonchev–Trinajstić information content (AvgIpc) is 2.60. The first kappa shape index (κ1) is 27.8. The highest BCUT2D eigenvalue weighted by molar-refractivity contribution is 7.98. The van der Waals surface area contributed by atoms with Gasteiger partial charge < -0.3 is 27.4 Å². The van der Waals surface area contributed by atoms with E-state index >= 15 is 0 Å². The van der Waals surface area contributed by atoms with Crippen LogP contribution in [0, 0.1) is 16.0 Å². The number of non-ortho nitro benzene ring substituents is 1. The van der Waals surface area contributed by atoms with Crippen molar-refractivity contribution in [1.82, 2.24) is 0 Å². The number of nitro groups is 1. The maximum atomic E-state index is 10.1. The van der Waals surface area contributed by atoms with Gasteiger partial charge in [0.2, 0.25) is 0 Å². The van der Waals surface area contributed by atoms with E-state index in [0.717, 1.165) is 5.75 Å². The number of carboxylic acid groups (broad SMARTS) is 2. The predicted octanol–water partition coefficient (Wildman–Crippen LogP) is 1.77. The van der Waals surface area contributed by atoms with Crippen LogP contribution in [-0.2, 0) is 9.59 Å². The third-order valence-electron chi connectivity index (χ3n) is 3.10. The Hall–Kier alpha value is -2.37. The molecular weight excluding hydrogens is 388 g/mol. The van der Waals surface area contributed by atoms with Gasteiger partial charge in [0.25, 0.3) is 5.69 Å². The van der Waals surface area contributed by atoms with E-state index in [4.69, 9.17) is 27.4 Å². The van der Waals surface area contributed by atoms with Gasteiger partial charge in [0, 0.05) is 17.8 Å². The summed E-state index contributed by atoms with van der Waals surface area (Å²) < 4.78 is 0. The standard InChI is InChI=1S/C6H6N2O2.C6H13NO2.C5H11NO2S/c7-5-1-3-6(4-2-5)8(9)10;1-4(2)3-5(7)6(8)9;1-9-3-2-4(6)5(7)8/h1-4H,7H2;4-5H,3,7H2,1-2H3,(H,8,9);4H,2-3,6H2,1H3,(H,7,8)/t;5-;4-/m.00/s1. The molecular formula is C17H30N4O6S. The summed E-state index contributed by atoms with van der Waals surface area (Å²) in [6, 6.07) is 4.36. The van der Waals surface area contributed by atoms with Gasteiger partial charge in [-0.1, -0.05) is 13.8 Å². The molecule has 1 aromatic rings. The summed E-state index contributed by atoms with van der Waals surface area (Å²) in [5, 5.41) is 26.7. The summed E-state index contributed by atoms with van der Waals surface area (Å²) in [6.07, 6.45) is 3.03. The van der Waals surface area contributed by atoms with Crippen molar-refractivity contribution in [3.05, 3.63) is 34.4 Å². The van der Waals surface area contributed by atoms with Crippen LogP contribution in [0.15, 0.2) is 24.3 Å². The summed E-state index contributed by atoms with van der Waals surface area (Å²) in [6.45, 7) is 3.89. The van der Waals surface area contributed by atoms with E-state index in [1.807, 2.05) is 20.1 Å². The number of nitrogen functional groups attached to an aromatic ring is 1. The van der Waals surface area contributed by atoms with Crippen molar-refractivity contribution in [2.24, 2.45) is 17.4 Å². The summed E-state index contributed by atoms with van der Waals surface area (Å²) in [5.74, 6) is -0.656. The van der Waals surface area contributed by atoms with Crippen LogP contribution in [0.2, 0.25) is 0 Å². The Morgan fingerprint density at radius 3 is 1.86 bits per heavy atom. The summed E-state index contributed by atoms with van der Waals surface area (Å²) in [5.41, 5.74) is 16.3. The fourth-order valence-electron chi connectivity index (χ4n) is 1.57. The van der Waals surface area contributed by atoms with Crippen molar-refractivity contribution in [2.45, 2.75) is 38.8 Å². The van der Waals surface area contributed by atoms with E-state index in [1.165, 1.54) is 24.3 Å². The first-order valence-corrected chi connectivity index (χ1v) is 9.77. The van der Waals surface area contributed by atoms with Crippen molar-refractivity contribution in [3.63, 3.8) is 0 Å². The number of thioether (sulfide) groups is 1. The number of aliphatic carboxylic acids is 2. The van der Waals surface area contributed by atoms with Gasteiger partial charge in [0.1, 0.15) is 12.1 Å². The summed E-state index contributed by atoms with van der Waals surface area (Å²) in [7, 11) is 0. The zero-order valence-electron chi connectivity index (χ0n) is 16.3. The molecule has 0 saturated heterocycles. The SMILES string of the molecule is CC(C)C[C@H](N)C(=O)O.CSCC[C@H](N)C(=O)O.Nc1ccc([N+](=O)[O-])cc1. The number of carboxylic acids is 2. The molecule has 8 N–H and O–H groups in total. The van der Waals surface area contributed by atoms with Crippen LogP contribution in [0.1, 0.15) is 26.7 Å². The van der Waals surface area contributed by atoms with Gasteiger partial charge >= 0.3 is 11.9 Å². The predicted molar refractivity (Wildman–Crippen MR) is 111 cm³/mol. The number of nitrogens with two attached hydrogens (primary N) is 3. The Balaban J connectivity index is 0. The molecule has 0 spiro atoms. The molecule has 0 aliphatic heterocycles. The van der Waals surface area contributed by atoms with Gasteiger partial charge in [-0.25, -0.2) is 0 Å². The van der Waals surface area contributed by atoms with E-state index in [9.17, 15) is 19.7 Å². The smallest absolute Gasteiger partial charge is 0.320 e. The Kier molecular flexibility index (Phi) is 15.6. The molecule has 0 aliphatic rings. The van der Waals surface area contributed by atoms with Crippen molar-refractivity contribution in [3.8, 4) is 0 Å². The number of hydrogen-bond acceptors (Lipinski definition) is 8. The molecule has 0 aliphatic carbocycles. The van der Waals surface area contributed by atoms with Crippen LogP contribution < -0.4 is 17.2 Å².